The zero-order valence-electron chi connectivity index (χ0n) is 19.8. The molecule has 0 radical (unpaired) electrons. The fraction of sp³-hybridized carbons (Fsp3) is 0.286. The maximum Gasteiger partial charge on any atom is 0.257 e. The number of rotatable bonds is 11. The normalized spacial score (nSPS) is 10.9. The Morgan fingerprint density at radius 1 is 0.971 bits per heavy atom. The van der Waals surface area contributed by atoms with Crippen molar-refractivity contribution >= 4 is 16.9 Å². The Kier molecular flexibility index (Phi) is 7.81. The summed E-state index contributed by atoms with van der Waals surface area (Å²) in [4.78, 5) is 17.1. The van der Waals surface area contributed by atoms with E-state index in [1.807, 2.05) is 80.6 Å². The Labute approximate surface area is 200 Å². The average Bonchev–Trinajstić information content (AvgIpc) is 3.20. The molecule has 4 rings (SSSR count). The summed E-state index contributed by atoms with van der Waals surface area (Å²) in [5.41, 5.74) is 4.20. The van der Waals surface area contributed by atoms with Gasteiger partial charge in [0.15, 0.2) is 6.61 Å². The quantitative estimate of drug-likeness (QED) is 0.327. The second-order valence-electron chi connectivity index (χ2n) is 8.34. The number of carbonyl (C=O) groups excluding carboxylic acids is 1. The predicted molar refractivity (Wildman–Crippen MR) is 134 cm³/mol. The summed E-state index contributed by atoms with van der Waals surface area (Å²) in [5.74, 6) is 2.49. The molecule has 34 heavy (non-hydrogen) atoms. The highest BCUT2D eigenvalue weighted by Gasteiger charge is 2.11. The van der Waals surface area contributed by atoms with E-state index in [-0.39, 0.29) is 12.5 Å². The van der Waals surface area contributed by atoms with Crippen molar-refractivity contribution in [1.29, 1.82) is 0 Å². The molecule has 0 fully saturated rings. The Morgan fingerprint density at radius 3 is 2.62 bits per heavy atom. The summed E-state index contributed by atoms with van der Waals surface area (Å²) in [5, 5.41) is 2.95. The SMILES string of the molecule is Cc1ccc(C)c(OCC(=O)NCCCc2nc3ccccc3n2CCOc2ccccc2)c1. The lowest BCUT2D eigenvalue weighted by atomic mass is 10.1. The van der Waals surface area contributed by atoms with Gasteiger partial charge >= 0.3 is 0 Å². The molecule has 1 aromatic heterocycles. The largest absolute Gasteiger partial charge is 0.492 e. The molecule has 0 aliphatic heterocycles. The average molecular weight is 458 g/mol. The van der Waals surface area contributed by atoms with Gasteiger partial charge in [0.05, 0.1) is 17.6 Å². The number of nitrogens with zero attached hydrogens (tertiary/aromatic N) is 2. The third-order valence-electron chi connectivity index (χ3n) is 5.66. The number of aryl methyl sites for hydroxylation is 3. The molecule has 1 heterocycles. The number of benzene rings is 3. The zero-order valence-corrected chi connectivity index (χ0v) is 19.8. The fourth-order valence-corrected chi connectivity index (χ4v) is 3.87. The maximum absolute atomic E-state index is 12.2. The topological polar surface area (TPSA) is 65.4 Å². The lowest BCUT2D eigenvalue weighted by molar-refractivity contribution is -0.123. The number of hydrogen-bond donors (Lipinski definition) is 1. The van der Waals surface area contributed by atoms with E-state index < -0.39 is 0 Å². The number of amides is 1. The molecule has 0 aliphatic carbocycles. The van der Waals surface area contributed by atoms with Crippen LogP contribution >= 0.6 is 0 Å². The number of aromatic nitrogens is 2. The molecule has 3 aromatic carbocycles. The van der Waals surface area contributed by atoms with Crippen LogP contribution in [0.2, 0.25) is 0 Å². The van der Waals surface area contributed by atoms with Gasteiger partial charge in [0, 0.05) is 13.0 Å². The van der Waals surface area contributed by atoms with E-state index in [4.69, 9.17) is 14.5 Å². The van der Waals surface area contributed by atoms with Crippen molar-refractivity contribution in [3.05, 3.63) is 89.7 Å². The molecule has 1 amide bonds. The second kappa shape index (κ2) is 11.4. The molecule has 0 bridgehead atoms. The van der Waals surface area contributed by atoms with Crippen LogP contribution in [0.5, 0.6) is 11.5 Å². The van der Waals surface area contributed by atoms with Crippen molar-refractivity contribution in [2.75, 3.05) is 19.8 Å². The second-order valence-corrected chi connectivity index (χ2v) is 8.34. The predicted octanol–water partition coefficient (Wildman–Crippen LogP) is 4.86. The maximum atomic E-state index is 12.2. The molecular weight excluding hydrogens is 426 g/mol. The highest BCUT2D eigenvalue weighted by atomic mass is 16.5. The number of imidazole rings is 1. The van der Waals surface area contributed by atoms with Crippen molar-refractivity contribution in [3.63, 3.8) is 0 Å². The molecule has 6 nitrogen and oxygen atoms in total. The van der Waals surface area contributed by atoms with Crippen molar-refractivity contribution < 1.29 is 14.3 Å². The van der Waals surface area contributed by atoms with Gasteiger partial charge in [-0.2, -0.15) is 0 Å². The third kappa shape index (κ3) is 6.16. The molecule has 176 valence electrons. The summed E-state index contributed by atoms with van der Waals surface area (Å²) in [6, 6.07) is 23.9. The minimum absolute atomic E-state index is 0.0135. The van der Waals surface area contributed by atoms with Crippen LogP contribution in [0.4, 0.5) is 0 Å². The molecule has 0 aliphatic rings. The first-order chi connectivity index (χ1) is 16.6. The van der Waals surface area contributed by atoms with Gasteiger partial charge in [-0.15, -0.1) is 0 Å². The highest BCUT2D eigenvalue weighted by Crippen LogP contribution is 2.19. The van der Waals surface area contributed by atoms with E-state index in [1.165, 1.54) is 0 Å². The van der Waals surface area contributed by atoms with E-state index in [0.717, 1.165) is 52.3 Å². The van der Waals surface area contributed by atoms with Crippen LogP contribution in [0.25, 0.3) is 11.0 Å². The van der Waals surface area contributed by atoms with Crippen LogP contribution in [-0.2, 0) is 17.8 Å². The van der Waals surface area contributed by atoms with E-state index in [9.17, 15) is 4.79 Å². The van der Waals surface area contributed by atoms with Crippen LogP contribution in [0.15, 0.2) is 72.8 Å². The summed E-state index contributed by atoms with van der Waals surface area (Å²) in [6.45, 7) is 5.83. The number of hydrogen-bond acceptors (Lipinski definition) is 4. The van der Waals surface area contributed by atoms with E-state index in [2.05, 4.69) is 16.0 Å². The van der Waals surface area contributed by atoms with Crippen LogP contribution in [0.1, 0.15) is 23.4 Å². The molecule has 0 saturated carbocycles. The Morgan fingerprint density at radius 2 is 1.76 bits per heavy atom. The number of carbonyl (C=O) groups is 1. The minimum atomic E-state index is -0.120. The van der Waals surface area contributed by atoms with Crippen LogP contribution in [0, 0.1) is 13.8 Å². The van der Waals surface area contributed by atoms with Gasteiger partial charge in [-0.3, -0.25) is 4.79 Å². The number of fused-ring (bicyclic) bond motifs is 1. The Bertz CT molecular complexity index is 1230. The molecule has 0 atom stereocenters. The fourth-order valence-electron chi connectivity index (χ4n) is 3.87. The number of para-hydroxylation sites is 3. The summed E-state index contributed by atoms with van der Waals surface area (Å²) < 4.78 is 13.8. The van der Waals surface area contributed by atoms with Crippen molar-refractivity contribution in [3.8, 4) is 11.5 Å². The molecule has 1 N–H and O–H groups in total. The number of ether oxygens (including phenoxy) is 2. The first kappa shape index (κ1) is 23.4. The Balaban J connectivity index is 1.28. The Hall–Kier alpha value is -3.80. The first-order valence-electron chi connectivity index (χ1n) is 11.7. The molecule has 4 aromatic rings. The smallest absolute Gasteiger partial charge is 0.257 e. The van der Waals surface area contributed by atoms with Crippen LogP contribution in [0.3, 0.4) is 0 Å². The van der Waals surface area contributed by atoms with E-state index in [1.54, 1.807) is 0 Å². The van der Waals surface area contributed by atoms with Crippen molar-refractivity contribution in [2.24, 2.45) is 0 Å². The van der Waals surface area contributed by atoms with E-state index >= 15 is 0 Å². The monoisotopic (exact) mass is 457 g/mol. The minimum Gasteiger partial charge on any atom is -0.492 e. The summed E-state index contributed by atoms with van der Waals surface area (Å²) >= 11 is 0. The molecule has 0 saturated heterocycles. The lowest BCUT2D eigenvalue weighted by Gasteiger charge is -2.12. The van der Waals surface area contributed by atoms with Gasteiger partial charge in [0.1, 0.15) is 23.9 Å². The lowest BCUT2D eigenvalue weighted by Crippen LogP contribution is -2.30. The van der Waals surface area contributed by atoms with Crippen LogP contribution in [-0.4, -0.2) is 35.2 Å². The van der Waals surface area contributed by atoms with Gasteiger partial charge in [-0.05, 0) is 61.7 Å². The number of nitrogens with one attached hydrogen (secondary N) is 1. The van der Waals surface area contributed by atoms with Gasteiger partial charge < -0.3 is 19.4 Å². The standard InChI is InChI=1S/C28H31N3O3/c1-21-14-15-22(2)26(19-21)34-20-28(32)29-16-8-13-27-30-24-11-6-7-12-25(24)31(27)17-18-33-23-9-4-3-5-10-23/h3-7,9-12,14-15,19H,8,13,16-18,20H2,1-2H3,(H,29,32). The summed E-state index contributed by atoms with van der Waals surface area (Å²) in [6.07, 6.45) is 1.55. The van der Waals surface area contributed by atoms with Gasteiger partial charge in [-0.25, -0.2) is 4.98 Å². The third-order valence-corrected chi connectivity index (χ3v) is 5.66. The van der Waals surface area contributed by atoms with Crippen molar-refractivity contribution in [1.82, 2.24) is 14.9 Å². The first-order valence-corrected chi connectivity index (χ1v) is 11.7. The molecule has 0 spiro atoms. The summed E-state index contributed by atoms with van der Waals surface area (Å²) in [7, 11) is 0. The van der Waals surface area contributed by atoms with Crippen LogP contribution < -0.4 is 14.8 Å². The molecule has 0 unspecified atom stereocenters. The van der Waals surface area contributed by atoms with Gasteiger partial charge in [0.2, 0.25) is 0 Å². The highest BCUT2D eigenvalue weighted by molar-refractivity contribution is 5.77. The molecular formula is C28H31N3O3. The van der Waals surface area contributed by atoms with E-state index in [0.29, 0.717) is 19.7 Å². The molecule has 6 heteroatoms. The van der Waals surface area contributed by atoms with Crippen molar-refractivity contribution in [2.45, 2.75) is 33.2 Å². The van der Waals surface area contributed by atoms with Gasteiger partial charge in [0.25, 0.3) is 5.91 Å². The van der Waals surface area contributed by atoms with Gasteiger partial charge in [-0.1, -0.05) is 42.5 Å². The zero-order chi connectivity index (χ0) is 23.8.